The molecule has 0 aromatic heterocycles. The van der Waals surface area contributed by atoms with Gasteiger partial charge in [0.2, 0.25) is 0 Å². The highest BCUT2D eigenvalue weighted by Gasteiger charge is 2.13. The zero-order chi connectivity index (χ0) is 14.0. The van der Waals surface area contributed by atoms with Gasteiger partial charge in [-0.05, 0) is 41.8 Å². The summed E-state index contributed by atoms with van der Waals surface area (Å²) in [6.45, 7) is 0. The van der Waals surface area contributed by atoms with E-state index < -0.39 is 0 Å². The van der Waals surface area contributed by atoms with Crippen LogP contribution in [0.25, 0.3) is 0 Å². The van der Waals surface area contributed by atoms with Gasteiger partial charge in [0, 0.05) is 20.0 Å². The molecule has 0 radical (unpaired) electrons. The third kappa shape index (κ3) is 3.78. The summed E-state index contributed by atoms with van der Waals surface area (Å²) in [7, 11) is 0. The standard InChI is InChI=1S/C14H11Br2ClFN/c15-9-2-1-8(13(18)6-9)5-14(19)11-4-3-10(17)7-12(11)16/h1-4,6-7,14H,5,19H2. The molecule has 2 aromatic rings. The number of benzene rings is 2. The summed E-state index contributed by atoms with van der Waals surface area (Å²) in [5.41, 5.74) is 7.64. The Morgan fingerprint density at radius 2 is 1.89 bits per heavy atom. The van der Waals surface area contributed by atoms with Crippen LogP contribution in [0.2, 0.25) is 5.02 Å². The van der Waals surface area contributed by atoms with Crippen molar-refractivity contribution in [1.82, 2.24) is 0 Å². The largest absolute Gasteiger partial charge is 0.324 e. The normalized spacial score (nSPS) is 12.5. The lowest BCUT2D eigenvalue weighted by Crippen LogP contribution is -2.14. The van der Waals surface area contributed by atoms with Gasteiger partial charge in [0.25, 0.3) is 0 Å². The average Bonchev–Trinajstić information content (AvgIpc) is 2.32. The fourth-order valence-electron chi connectivity index (χ4n) is 1.84. The molecule has 2 rings (SSSR count). The highest BCUT2D eigenvalue weighted by Crippen LogP contribution is 2.28. The van der Waals surface area contributed by atoms with Crippen LogP contribution in [0.1, 0.15) is 17.2 Å². The molecule has 0 heterocycles. The highest BCUT2D eigenvalue weighted by atomic mass is 79.9. The van der Waals surface area contributed by atoms with E-state index in [1.807, 2.05) is 12.1 Å². The van der Waals surface area contributed by atoms with Crippen molar-refractivity contribution in [3.63, 3.8) is 0 Å². The number of nitrogens with two attached hydrogens (primary N) is 1. The smallest absolute Gasteiger partial charge is 0.127 e. The third-order valence-electron chi connectivity index (χ3n) is 2.82. The highest BCUT2D eigenvalue weighted by molar-refractivity contribution is 9.10. The number of rotatable bonds is 3. The van der Waals surface area contributed by atoms with Crippen LogP contribution in [0.15, 0.2) is 45.3 Å². The first-order chi connectivity index (χ1) is 8.97. The third-order valence-corrected chi connectivity index (χ3v) is 4.23. The summed E-state index contributed by atoms with van der Waals surface area (Å²) in [5.74, 6) is -0.255. The van der Waals surface area contributed by atoms with Crippen molar-refractivity contribution in [2.75, 3.05) is 0 Å². The second-order valence-electron chi connectivity index (χ2n) is 4.21. The lowest BCUT2D eigenvalue weighted by atomic mass is 9.99. The number of hydrogen-bond donors (Lipinski definition) is 1. The molecule has 5 heteroatoms. The molecule has 0 spiro atoms. The summed E-state index contributed by atoms with van der Waals surface area (Å²) in [6.07, 6.45) is 0.430. The molecule has 0 aliphatic heterocycles. The van der Waals surface area contributed by atoms with Crippen molar-refractivity contribution in [2.45, 2.75) is 12.5 Å². The molecule has 2 aromatic carbocycles. The predicted molar refractivity (Wildman–Crippen MR) is 83.9 cm³/mol. The van der Waals surface area contributed by atoms with E-state index in [4.69, 9.17) is 17.3 Å². The summed E-state index contributed by atoms with van der Waals surface area (Å²) in [5, 5.41) is 0.637. The van der Waals surface area contributed by atoms with E-state index in [-0.39, 0.29) is 11.9 Å². The van der Waals surface area contributed by atoms with Crippen molar-refractivity contribution in [1.29, 1.82) is 0 Å². The van der Waals surface area contributed by atoms with Gasteiger partial charge in [-0.25, -0.2) is 4.39 Å². The Bertz CT molecular complexity index is 604. The summed E-state index contributed by atoms with van der Waals surface area (Å²) in [4.78, 5) is 0. The second kappa shape index (κ2) is 6.35. The molecule has 1 nitrogen and oxygen atoms in total. The van der Waals surface area contributed by atoms with E-state index in [1.54, 1.807) is 18.2 Å². The van der Waals surface area contributed by atoms with Gasteiger partial charge >= 0.3 is 0 Å². The molecule has 0 aliphatic rings. The monoisotopic (exact) mass is 405 g/mol. The molecule has 1 atom stereocenters. The van der Waals surface area contributed by atoms with Crippen molar-refractivity contribution >= 4 is 43.5 Å². The zero-order valence-corrected chi connectivity index (χ0v) is 13.8. The molecule has 0 fully saturated rings. The van der Waals surface area contributed by atoms with Gasteiger partial charge < -0.3 is 5.73 Å². The first kappa shape index (κ1) is 15.0. The molecule has 1 unspecified atom stereocenters. The molecule has 0 saturated heterocycles. The Morgan fingerprint density at radius 1 is 1.16 bits per heavy atom. The zero-order valence-electron chi connectivity index (χ0n) is 9.84. The minimum atomic E-state index is -0.290. The first-order valence-electron chi connectivity index (χ1n) is 5.62. The Kier molecular flexibility index (Phi) is 5.01. The minimum Gasteiger partial charge on any atom is -0.324 e. The lowest BCUT2D eigenvalue weighted by molar-refractivity contribution is 0.592. The predicted octanol–water partition coefficient (Wildman–Crippen LogP) is 5.25. The van der Waals surface area contributed by atoms with Gasteiger partial charge in [-0.15, -0.1) is 0 Å². The van der Waals surface area contributed by atoms with Crippen molar-refractivity contribution in [2.24, 2.45) is 5.73 Å². The van der Waals surface area contributed by atoms with Crippen LogP contribution >= 0.6 is 43.5 Å². The van der Waals surface area contributed by atoms with Gasteiger partial charge in [-0.3, -0.25) is 0 Å². The van der Waals surface area contributed by atoms with Gasteiger partial charge in [0.15, 0.2) is 0 Å². The number of hydrogen-bond acceptors (Lipinski definition) is 1. The maximum atomic E-state index is 13.8. The van der Waals surface area contributed by atoms with Crippen LogP contribution in [-0.2, 0) is 6.42 Å². The Hall–Kier alpha value is -0.420. The van der Waals surface area contributed by atoms with E-state index in [9.17, 15) is 4.39 Å². The second-order valence-corrected chi connectivity index (χ2v) is 6.42. The van der Waals surface area contributed by atoms with Gasteiger partial charge in [0.05, 0.1) is 0 Å². The molecule has 100 valence electrons. The molecule has 0 amide bonds. The van der Waals surface area contributed by atoms with E-state index in [1.165, 1.54) is 6.07 Å². The molecular formula is C14H11Br2ClFN. The van der Waals surface area contributed by atoms with E-state index in [0.717, 1.165) is 14.5 Å². The quantitative estimate of drug-likeness (QED) is 0.739. The summed E-state index contributed by atoms with van der Waals surface area (Å²) < 4.78 is 15.3. The topological polar surface area (TPSA) is 26.0 Å². The van der Waals surface area contributed by atoms with Crippen LogP contribution in [0.4, 0.5) is 4.39 Å². The van der Waals surface area contributed by atoms with Crippen LogP contribution in [0.5, 0.6) is 0 Å². The van der Waals surface area contributed by atoms with Crippen LogP contribution < -0.4 is 5.73 Å². The molecule has 0 aliphatic carbocycles. The SMILES string of the molecule is NC(Cc1ccc(Br)cc1F)c1ccc(Cl)cc1Br. The van der Waals surface area contributed by atoms with E-state index in [0.29, 0.717) is 17.0 Å². The minimum absolute atomic E-state index is 0.255. The van der Waals surface area contributed by atoms with Crippen molar-refractivity contribution in [3.05, 3.63) is 67.3 Å². The first-order valence-corrected chi connectivity index (χ1v) is 7.58. The maximum absolute atomic E-state index is 13.8. The Balaban J connectivity index is 2.23. The number of halogens is 4. The molecule has 0 bridgehead atoms. The average molecular weight is 408 g/mol. The fraction of sp³-hybridized carbons (Fsp3) is 0.143. The molecular weight excluding hydrogens is 396 g/mol. The molecule has 2 N–H and O–H groups in total. The van der Waals surface area contributed by atoms with Crippen LogP contribution in [0, 0.1) is 5.82 Å². The lowest BCUT2D eigenvalue weighted by Gasteiger charge is -2.15. The van der Waals surface area contributed by atoms with Gasteiger partial charge in [-0.1, -0.05) is 55.6 Å². The van der Waals surface area contributed by atoms with Crippen molar-refractivity contribution in [3.8, 4) is 0 Å². The van der Waals surface area contributed by atoms with Gasteiger partial charge in [0.1, 0.15) is 5.82 Å². The van der Waals surface area contributed by atoms with E-state index >= 15 is 0 Å². The van der Waals surface area contributed by atoms with Crippen molar-refractivity contribution < 1.29 is 4.39 Å². The van der Waals surface area contributed by atoms with Crippen LogP contribution in [0.3, 0.4) is 0 Å². The summed E-state index contributed by atoms with van der Waals surface area (Å²) >= 11 is 12.5. The Morgan fingerprint density at radius 3 is 2.53 bits per heavy atom. The molecule has 19 heavy (non-hydrogen) atoms. The Labute approximate surface area is 133 Å². The summed E-state index contributed by atoms with van der Waals surface area (Å²) in [6, 6.07) is 10.1. The van der Waals surface area contributed by atoms with Crippen LogP contribution in [-0.4, -0.2) is 0 Å². The van der Waals surface area contributed by atoms with E-state index in [2.05, 4.69) is 31.9 Å². The van der Waals surface area contributed by atoms with Gasteiger partial charge in [-0.2, -0.15) is 0 Å². The fourth-order valence-corrected chi connectivity index (χ4v) is 3.15. The maximum Gasteiger partial charge on any atom is 0.127 e. The molecule has 0 saturated carbocycles.